The van der Waals surface area contributed by atoms with Crippen molar-refractivity contribution in [2.24, 2.45) is 0 Å². The quantitative estimate of drug-likeness (QED) is 0.468. The van der Waals surface area contributed by atoms with Crippen molar-refractivity contribution in [2.75, 3.05) is 40.4 Å². The van der Waals surface area contributed by atoms with Crippen molar-refractivity contribution in [3.8, 4) is 22.8 Å². The van der Waals surface area contributed by atoms with Crippen LogP contribution in [0.15, 0.2) is 42.6 Å². The molecule has 1 amide bonds. The number of nitrogens with zero attached hydrogens (tertiary/aromatic N) is 2. The van der Waals surface area contributed by atoms with Crippen molar-refractivity contribution < 1.29 is 14.3 Å². The molecule has 1 heterocycles. The summed E-state index contributed by atoms with van der Waals surface area (Å²) in [5.41, 5.74) is 3.49. The molecule has 1 aromatic heterocycles. The fraction of sp³-hybridized carbons (Fsp3) is 0.385. The van der Waals surface area contributed by atoms with E-state index in [0.717, 1.165) is 53.6 Å². The van der Waals surface area contributed by atoms with E-state index < -0.39 is 0 Å². The van der Waals surface area contributed by atoms with E-state index in [-0.39, 0.29) is 5.91 Å². The van der Waals surface area contributed by atoms with Gasteiger partial charge in [0.2, 0.25) is 0 Å². The van der Waals surface area contributed by atoms with Crippen LogP contribution < -0.4 is 14.8 Å². The molecule has 170 valence electrons. The molecule has 0 atom stereocenters. The van der Waals surface area contributed by atoms with Crippen LogP contribution in [-0.2, 0) is 0 Å². The van der Waals surface area contributed by atoms with Crippen LogP contribution in [-0.4, -0.2) is 56.2 Å². The van der Waals surface area contributed by atoms with Gasteiger partial charge in [-0.1, -0.05) is 38.1 Å². The van der Waals surface area contributed by atoms with Gasteiger partial charge in [0.25, 0.3) is 5.91 Å². The molecule has 0 saturated heterocycles. The lowest BCUT2D eigenvalue weighted by atomic mass is 9.97. The Morgan fingerprint density at radius 2 is 1.69 bits per heavy atom. The van der Waals surface area contributed by atoms with Gasteiger partial charge in [-0.15, -0.1) is 0 Å². The number of carbonyl (C=O) groups is 1. The molecule has 0 radical (unpaired) electrons. The average molecular weight is 436 g/mol. The van der Waals surface area contributed by atoms with E-state index in [2.05, 4.69) is 37.1 Å². The van der Waals surface area contributed by atoms with Gasteiger partial charge in [-0.2, -0.15) is 0 Å². The maximum Gasteiger partial charge on any atom is 0.253 e. The Bertz CT molecular complexity index is 1080. The standard InChI is InChI=1S/C26H33N3O3/c1-6-29(7-2)14-10-13-27-26(30)22-17-28-25(19-12-9-8-11-18(19)3)21-16-24(32-5)23(31-4)15-20(21)22/h8-9,11-12,15-17H,6-7,10,13-14H2,1-5H3,(H,27,30). The topological polar surface area (TPSA) is 63.7 Å². The number of pyridine rings is 1. The molecule has 32 heavy (non-hydrogen) atoms. The van der Waals surface area contributed by atoms with E-state index in [4.69, 9.17) is 14.5 Å². The SMILES string of the molecule is CCN(CC)CCCNC(=O)c1cnc(-c2ccccc2C)c2cc(OC)c(OC)cc12. The normalized spacial score (nSPS) is 11.1. The van der Waals surface area contributed by atoms with Gasteiger partial charge >= 0.3 is 0 Å². The van der Waals surface area contributed by atoms with E-state index >= 15 is 0 Å². The van der Waals surface area contributed by atoms with Gasteiger partial charge in [-0.25, -0.2) is 0 Å². The molecule has 0 aliphatic heterocycles. The Kier molecular flexibility index (Phi) is 8.06. The van der Waals surface area contributed by atoms with E-state index in [0.29, 0.717) is 23.6 Å². The Morgan fingerprint density at radius 3 is 2.31 bits per heavy atom. The molecule has 6 heteroatoms. The van der Waals surface area contributed by atoms with Crippen molar-refractivity contribution in [3.05, 3.63) is 53.7 Å². The van der Waals surface area contributed by atoms with E-state index in [1.165, 1.54) is 0 Å². The molecule has 0 aliphatic rings. The summed E-state index contributed by atoms with van der Waals surface area (Å²) in [7, 11) is 3.21. The van der Waals surface area contributed by atoms with Crippen LogP contribution in [0, 0.1) is 6.92 Å². The van der Waals surface area contributed by atoms with Gasteiger partial charge in [0.05, 0.1) is 25.5 Å². The summed E-state index contributed by atoms with van der Waals surface area (Å²) in [5.74, 6) is 1.05. The number of rotatable bonds is 10. The van der Waals surface area contributed by atoms with Crippen LogP contribution in [0.3, 0.4) is 0 Å². The molecule has 3 rings (SSSR count). The molecule has 6 nitrogen and oxygen atoms in total. The highest BCUT2D eigenvalue weighted by Crippen LogP contribution is 2.38. The van der Waals surface area contributed by atoms with Crippen molar-refractivity contribution in [2.45, 2.75) is 27.2 Å². The lowest BCUT2D eigenvalue weighted by Crippen LogP contribution is -2.30. The molecule has 0 fully saturated rings. The highest BCUT2D eigenvalue weighted by Gasteiger charge is 2.19. The number of ether oxygens (including phenoxy) is 2. The van der Waals surface area contributed by atoms with Crippen molar-refractivity contribution in [1.29, 1.82) is 0 Å². The molecule has 0 aliphatic carbocycles. The smallest absolute Gasteiger partial charge is 0.253 e. The third-order valence-electron chi connectivity index (χ3n) is 5.87. The predicted molar refractivity (Wildman–Crippen MR) is 130 cm³/mol. The highest BCUT2D eigenvalue weighted by atomic mass is 16.5. The second kappa shape index (κ2) is 11.0. The Labute approximate surface area is 190 Å². The zero-order chi connectivity index (χ0) is 23.1. The number of benzene rings is 2. The summed E-state index contributed by atoms with van der Waals surface area (Å²) in [5, 5.41) is 4.70. The molecule has 1 N–H and O–H groups in total. The Balaban J connectivity index is 1.99. The Hall–Kier alpha value is -3.12. The van der Waals surface area contributed by atoms with Gasteiger partial charge in [-0.05, 0) is 50.7 Å². The number of hydrogen-bond donors (Lipinski definition) is 1. The third-order valence-corrected chi connectivity index (χ3v) is 5.87. The van der Waals surface area contributed by atoms with Gasteiger partial charge in [-0.3, -0.25) is 9.78 Å². The van der Waals surface area contributed by atoms with Crippen LogP contribution in [0.5, 0.6) is 11.5 Å². The van der Waals surface area contributed by atoms with Crippen LogP contribution in [0.1, 0.15) is 36.2 Å². The minimum atomic E-state index is -0.134. The minimum Gasteiger partial charge on any atom is -0.493 e. The van der Waals surface area contributed by atoms with Crippen molar-refractivity contribution in [1.82, 2.24) is 15.2 Å². The molecular weight excluding hydrogens is 402 g/mol. The molecular formula is C26H33N3O3. The zero-order valence-electron chi connectivity index (χ0n) is 19.7. The number of methoxy groups -OCH3 is 2. The summed E-state index contributed by atoms with van der Waals surface area (Å²) in [6.07, 6.45) is 2.56. The number of hydrogen-bond acceptors (Lipinski definition) is 5. The van der Waals surface area contributed by atoms with Crippen LogP contribution in [0.25, 0.3) is 22.0 Å². The molecule has 0 spiro atoms. The Morgan fingerprint density at radius 1 is 1.03 bits per heavy atom. The fourth-order valence-corrected chi connectivity index (χ4v) is 3.94. The van der Waals surface area contributed by atoms with Crippen molar-refractivity contribution >= 4 is 16.7 Å². The number of amides is 1. The monoisotopic (exact) mass is 435 g/mol. The summed E-state index contributed by atoms with van der Waals surface area (Å²) >= 11 is 0. The van der Waals surface area contributed by atoms with E-state index in [1.54, 1.807) is 20.4 Å². The largest absolute Gasteiger partial charge is 0.493 e. The first-order valence-corrected chi connectivity index (χ1v) is 11.1. The summed E-state index contributed by atoms with van der Waals surface area (Å²) in [6.45, 7) is 9.96. The maximum atomic E-state index is 13.1. The average Bonchev–Trinajstić information content (AvgIpc) is 2.82. The minimum absolute atomic E-state index is 0.134. The lowest BCUT2D eigenvalue weighted by Gasteiger charge is -2.18. The van der Waals surface area contributed by atoms with Gasteiger partial charge in [0.15, 0.2) is 11.5 Å². The van der Waals surface area contributed by atoms with Gasteiger partial charge < -0.3 is 19.7 Å². The van der Waals surface area contributed by atoms with Crippen LogP contribution in [0.4, 0.5) is 0 Å². The van der Waals surface area contributed by atoms with E-state index in [1.807, 2.05) is 30.3 Å². The first-order valence-electron chi connectivity index (χ1n) is 11.1. The molecule has 3 aromatic rings. The second-order valence-corrected chi connectivity index (χ2v) is 7.72. The van der Waals surface area contributed by atoms with Crippen molar-refractivity contribution in [3.63, 3.8) is 0 Å². The summed E-state index contributed by atoms with van der Waals surface area (Å²) < 4.78 is 11.0. The molecule has 0 saturated carbocycles. The molecule has 0 bridgehead atoms. The lowest BCUT2D eigenvalue weighted by molar-refractivity contribution is 0.0953. The predicted octanol–water partition coefficient (Wildman–Crippen LogP) is 4.69. The summed E-state index contributed by atoms with van der Waals surface area (Å²) in [6, 6.07) is 11.9. The highest BCUT2D eigenvalue weighted by molar-refractivity contribution is 6.10. The van der Waals surface area contributed by atoms with Gasteiger partial charge in [0.1, 0.15) is 0 Å². The summed E-state index contributed by atoms with van der Waals surface area (Å²) in [4.78, 5) is 20.1. The van der Waals surface area contributed by atoms with E-state index in [9.17, 15) is 4.79 Å². The maximum absolute atomic E-state index is 13.1. The first-order chi connectivity index (χ1) is 15.5. The zero-order valence-corrected chi connectivity index (χ0v) is 19.7. The molecule has 2 aromatic carbocycles. The molecule has 0 unspecified atom stereocenters. The number of aryl methyl sites for hydroxylation is 1. The fourth-order valence-electron chi connectivity index (χ4n) is 3.94. The second-order valence-electron chi connectivity index (χ2n) is 7.72. The van der Waals surface area contributed by atoms with Crippen LogP contribution >= 0.6 is 0 Å². The number of carbonyl (C=O) groups excluding carboxylic acids is 1. The van der Waals surface area contributed by atoms with Gasteiger partial charge in [0, 0.05) is 29.1 Å². The first kappa shape index (κ1) is 23.5. The third kappa shape index (κ3) is 5.02. The van der Waals surface area contributed by atoms with Crippen LogP contribution in [0.2, 0.25) is 0 Å². The number of aromatic nitrogens is 1. The number of fused-ring (bicyclic) bond motifs is 1. The number of nitrogens with one attached hydrogen (secondary N) is 1.